The molecule has 1 aromatic carbocycles. The fourth-order valence-corrected chi connectivity index (χ4v) is 2.42. The molecule has 0 fully saturated rings. The third kappa shape index (κ3) is 2.16. The van der Waals surface area contributed by atoms with E-state index in [1.807, 2.05) is 6.07 Å². The average molecular weight is 218 g/mol. The van der Waals surface area contributed by atoms with Crippen LogP contribution >= 0.6 is 0 Å². The molecule has 2 heteroatoms. The minimum Gasteiger partial charge on any atom is -0.398 e. The second kappa shape index (κ2) is 4.77. The summed E-state index contributed by atoms with van der Waals surface area (Å²) in [6.45, 7) is 6.92. The molecule has 1 aliphatic heterocycles. The van der Waals surface area contributed by atoms with E-state index in [1.165, 1.54) is 30.6 Å². The number of hydrogen-bond acceptors (Lipinski definition) is 2. The smallest absolute Gasteiger partial charge is 0.0419 e. The highest BCUT2D eigenvalue weighted by molar-refractivity contribution is 5.66. The molecular weight excluding hydrogens is 196 g/mol. The van der Waals surface area contributed by atoms with Gasteiger partial charge in [0.15, 0.2) is 0 Å². The molecule has 0 saturated carbocycles. The number of anilines is 2. The molecule has 0 amide bonds. The van der Waals surface area contributed by atoms with E-state index in [0.717, 1.165) is 24.6 Å². The van der Waals surface area contributed by atoms with Crippen molar-refractivity contribution in [2.24, 2.45) is 5.92 Å². The summed E-state index contributed by atoms with van der Waals surface area (Å²) in [7, 11) is 0. The molecule has 0 saturated heterocycles. The molecule has 1 aliphatic rings. The van der Waals surface area contributed by atoms with Gasteiger partial charge in [0.2, 0.25) is 0 Å². The van der Waals surface area contributed by atoms with Crippen LogP contribution in [0.2, 0.25) is 0 Å². The molecule has 0 bridgehead atoms. The van der Waals surface area contributed by atoms with E-state index < -0.39 is 0 Å². The van der Waals surface area contributed by atoms with E-state index >= 15 is 0 Å². The lowest BCUT2D eigenvalue weighted by Gasteiger charge is -2.33. The van der Waals surface area contributed by atoms with Crippen molar-refractivity contribution in [3.05, 3.63) is 23.8 Å². The molecule has 1 aromatic rings. The SMILES string of the molecule is CCC(C)CN1CCCc2c(N)cccc21. The van der Waals surface area contributed by atoms with Gasteiger partial charge in [-0.15, -0.1) is 0 Å². The molecule has 1 unspecified atom stereocenters. The van der Waals surface area contributed by atoms with Crippen molar-refractivity contribution in [2.45, 2.75) is 33.1 Å². The van der Waals surface area contributed by atoms with Crippen LogP contribution in [-0.4, -0.2) is 13.1 Å². The van der Waals surface area contributed by atoms with Crippen molar-refractivity contribution in [3.8, 4) is 0 Å². The van der Waals surface area contributed by atoms with Gasteiger partial charge in [0.25, 0.3) is 0 Å². The van der Waals surface area contributed by atoms with Gasteiger partial charge in [0, 0.05) is 24.5 Å². The molecule has 2 nitrogen and oxygen atoms in total. The number of nitrogens with two attached hydrogens (primary N) is 1. The van der Waals surface area contributed by atoms with Crippen LogP contribution in [0.5, 0.6) is 0 Å². The largest absolute Gasteiger partial charge is 0.398 e. The Morgan fingerprint density at radius 3 is 3.00 bits per heavy atom. The predicted octanol–water partition coefficient (Wildman–Crippen LogP) is 3.07. The number of nitrogen functional groups attached to an aromatic ring is 1. The lowest BCUT2D eigenvalue weighted by Crippen LogP contribution is -2.33. The van der Waals surface area contributed by atoms with Gasteiger partial charge < -0.3 is 10.6 Å². The van der Waals surface area contributed by atoms with E-state index in [4.69, 9.17) is 5.73 Å². The van der Waals surface area contributed by atoms with Gasteiger partial charge in [0.1, 0.15) is 0 Å². The van der Waals surface area contributed by atoms with Crippen molar-refractivity contribution >= 4 is 11.4 Å². The van der Waals surface area contributed by atoms with E-state index in [-0.39, 0.29) is 0 Å². The molecule has 0 radical (unpaired) electrons. The first-order valence-corrected chi connectivity index (χ1v) is 6.34. The van der Waals surface area contributed by atoms with Gasteiger partial charge in [-0.2, -0.15) is 0 Å². The van der Waals surface area contributed by atoms with E-state index in [9.17, 15) is 0 Å². The highest BCUT2D eigenvalue weighted by Gasteiger charge is 2.19. The van der Waals surface area contributed by atoms with Crippen LogP contribution in [0, 0.1) is 5.92 Å². The Bertz CT molecular complexity index is 360. The van der Waals surface area contributed by atoms with Crippen molar-refractivity contribution in [3.63, 3.8) is 0 Å². The minimum absolute atomic E-state index is 0.757. The Kier molecular flexibility index (Phi) is 3.37. The van der Waals surface area contributed by atoms with Crippen LogP contribution in [-0.2, 0) is 6.42 Å². The second-order valence-electron chi connectivity index (χ2n) is 4.91. The lowest BCUT2D eigenvalue weighted by molar-refractivity contribution is 0.530. The second-order valence-corrected chi connectivity index (χ2v) is 4.91. The van der Waals surface area contributed by atoms with Crippen LogP contribution in [0.1, 0.15) is 32.3 Å². The Morgan fingerprint density at radius 2 is 2.25 bits per heavy atom. The third-order valence-electron chi connectivity index (χ3n) is 3.61. The van der Waals surface area contributed by atoms with Crippen molar-refractivity contribution in [2.75, 3.05) is 23.7 Å². The summed E-state index contributed by atoms with van der Waals surface area (Å²) in [5.41, 5.74) is 9.73. The highest BCUT2D eigenvalue weighted by Crippen LogP contribution is 2.31. The Labute approximate surface area is 98.4 Å². The fraction of sp³-hybridized carbons (Fsp3) is 0.571. The van der Waals surface area contributed by atoms with E-state index in [0.29, 0.717) is 0 Å². The topological polar surface area (TPSA) is 29.3 Å². The van der Waals surface area contributed by atoms with Gasteiger partial charge in [-0.1, -0.05) is 26.3 Å². The summed E-state index contributed by atoms with van der Waals surface area (Å²) in [5, 5.41) is 0. The number of rotatable bonds is 3. The van der Waals surface area contributed by atoms with Crippen molar-refractivity contribution in [1.82, 2.24) is 0 Å². The number of hydrogen-bond donors (Lipinski definition) is 1. The molecule has 1 atom stereocenters. The molecule has 0 aliphatic carbocycles. The number of fused-ring (bicyclic) bond motifs is 1. The summed E-state index contributed by atoms with van der Waals surface area (Å²) in [6, 6.07) is 6.31. The maximum absolute atomic E-state index is 6.04. The first-order valence-electron chi connectivity index (χ1n) is 6.34. The summed E-state index contributed by atoms with van der Waals surface area (Å²) in [6.07, 6.45) is 3.62. The van der Waals surface area contributed by atoms with Gasteiger partial charge in [0.05, 0.1) is 0 Å². The predicted molar refractivity (Wildman–Crippen MR) is 70.8 cm³/mol. The monoisotopic (exact) mass is 218 g/mol. The van der Waals surface area contributed by atoms with Crippen molar-refractivity contribution < 1.29 is 0 Å². The maximum Gasteiger partial charge on any atom is 0.0419 e. The van der Waals surface area contributed by atoms with Crippen LogP contribution in [0.3, 0.4) is 0 Å². The molecule has 2 rings (SSSR count). The first-order chi connectivity index (χ1) is 7.72. The highest BCUT2D eigenvalue weighted by atomic mass is 15.1. The Hall–Kier alpha value is -1.18. The standard InChI is InChI=1S/C14H22N2/c1-3-11(2)10-16-9-5-6-12-13(15)7-4-8-14(12)16/h4,7-8,11H,3,5-6,9-10,15H2,1-2H3. The lowest BCUT2D eigenvalue weighted by atomic mass is 9.98. The van der Waals surface area contributed by atoms with Crippen LogP contribution in [0.25, 0.3) is 0 Å². The third-order valence-corrected chi connectivity index (χ3v) is 3.61. The minimum atomic E-state index is 0.757. The molecular formula is C14H22N2. The Balaban J connectivity index is 2.23. The van der Waals surface area contributed by atoms with Gasteiger partial charge in [-0.05, 0) is 36.5 Å². The molecule has 88 valence electrons. The summed E-state index contributed by atoms with van der Waals surface area (Å²) >= 11 is 0. The zero-order valence-electron chi connectivity index (χ0n) is 10.4. The summed E-state index contributed by atoms with van der Waals surface area (Å²) in [5.74, 6) is 0.757. The van der Waals surface area contributed by atoms with Gasteiger partial charge in [-0.25, -0.2) is 0 Å². The average Bonchev–Trinajstić information content (AvgIpc) is 2.30. The van der Waals surface area contributed by atoms with Crippen molar-refractivity contribution in [1.29, 1.82) is 0 Å². The Morgan fingerprint density at radius 1 is 1.44 bits per heavy atom. The van der Waals surface area contributed by atoms with E-state index in [2.05, 4.69) is 30.9 Å². The zero-order valence-corrected chi connectivity index (χ0v) is 10.4. The van der Waals surface area contributed by atoms with Gasteiger partial charge in [-0.3, -0.25) is 0 Å². The zero-order chi connectivity index (χ0) is 11.5. The normalized spacial score (nSPS) is 17.0. The molecule has 0 spiro atoms. The quantitative estimate of drug-likeness (QED) is 0.790. The molecule has 0 aromatic heterocycles. The van der Waals surface area contributed by atoms with Gasteiger partial charge >= 0.3 is 0 Å². The number of nitrogens with zero attached hydrogens (tertiary/aromatic N) is 1. The van der Waals surface area contributed by atoms with Crippen LogP contribution < -0.4 is 10.6 Å². The fourth-order valence-electron chi connectivity index (χ4n) is 2.42. The molecule has 1 heterocycles. The molecule has 2 N–H and O–H groups in total. The first kappa shape index (κ1) is 11.3. The van der Waals surface area contributed by atoms with Crippen LogP contribution in [0.15, 0.2) is 18.2 Å². The van der Waals surface area contributed by atoms with E-state index in [1.54, 1.807) is 0 Å². The molecule has 16 heavy (non-hydrogen) atoms. The number of benzene rings is 1. The summed E-state index contributed by atoms with van der Waals surface area (Å²) < 4.78 is 0. The maximum atomic E-state index is 6.04. The van der Waals surface area contributed by atoms with Crippen LogP contribution in [0.4, 0.5) is 11.4 Å². The summed E-state index contributed by atoms with van der Waals surface area (Å²) in [4.78, 5) is 2.50.